The molecule has 6 heteroatoms. The summed E-state index contributed by atoms with van der Waals surface area (Å²) < 4.78 is 24.7. The number of hydrogen-bond donors (Lipinski definition) is 0. The first-order valence-corrected chi connectivity index (χ1v) is 4.52. The molecule has 0 bridgehead atoms. The summed E-state index contributed by atoms with van der Waals surface area (Å²) in [5, 5.41) is -3.71. The van der Waals surface area contributed by atoms with Gasteiger partial charge in [0, 0.05) is 5.56 Å². The fourth-order valence-corrected chi connectivity index (χ4v) is 1.21. The van der Waals surface area contributed by atoms with Crippen LogP contribution in [-0.4, -0.2) is 11.2 Å². The largest absolute Gasteiger partial charge is 0.384 e. The monoisotopic (exact) mass is 258 g/mol. The molecule has 0 aromatic heterocycles. The Hall–Kier alpha value is -0.380. The minimum atomic E-state index is -3.92. The molecule has 0 atom stereocenters. The molecule has 1 aromatic carbocycles. The summed E-state index contributed by atoms with van der Waals surface area (Å²) in [6, 6.07) is 3.43. The molecule has 0 fully saturated rings. The molecule has 1 nitrogen and oxygen atoms in total. The lowest BCUT2D eigenvalue weighted by Crippen LogP contribution is -2.21. The topological polar surface area (TPSA) is 17.1 Å². The lowest BCUT2D eigenvalue weighted by atomic mass is 10.1. The summed E-state index contributed by atoms with van der Waals surface area (Å²) in [7, 11) is 0. The Balaban J connectivity index is 3.10. The van der Waals surface area contributed by atoms with Crippen molar-refractivity contribution in [3.8, 4) is 0 Å². The first kappa shape index (κ1) is 11.7. The van der Waals surface area contributed by atoms with Crippen LogP contribution >= 0.6 is 34.8 Å². The maximum absolute atomic E-state index is 12.4. The summed E-state index contributed by atoms with van der Waals surface area (Å²) in [4.78, 5) is 10.9. The molecular weight excluding hydrogens is 256 g/mol. The van der Waals surface area contributed by atoms with Crippen molar-refractivity contribution in [2.45, 2.75) is 5.38 Å². The van der Waals surface area contributed by atoms with Crippen molar-refractivity contribution in [1.82, 2.24) is 0 Å². The zero-order valence-electron chi connectivity index (χ0n) is 6.53. The van der Waals surface area contributed by atoms with Crippen molar-refractivity contribution < 1.29 is 13.6 Å². The number of benzene rings is 1. The lowest BCUT2D eigenvalue weighted by Gasteiger charge is -2.06. The van der Waals surface area contributed by atoms with Crippen LogP contribution in [0.4, 0.5) is 8.78 Å². The molecule has 0 spiro atoms. The minimum Gasteiger partial charge on any atom is -0.286 e. The molecular formula is C8H3Cl3F2O. The van der Waals surface area contributed by atoms with Gasteiger partial charge in [-0.15, -0.1) is 0 Å². The average Bonchev–Trinajstić information content (AvgIpc) is 2.07. The summed E-state index contributed by atoms with van der Waals surface area (Å²) in [6.45, 7) is 0. The molecule has 0 amide bonds. The molecule has 0 heterocycles. The highest BCUT2D eigenvalue weighted by Gasteiger charge is 2.36. The Morgan fingerprint density at radius 3 is 2.21 bits per heavy atom. The lowest BCUT2D eigenvalue weighted by molar-refractivity contribution is 0.0536. The summed E-state index contributed by atoms with van der Waals surface area (Å²) in [5.41, 5.74) is -0.278. The zero-order chi connectivity index (χ0) is 10.9. The van der Waals surface area contributed by atoms with E-state index < -0.39 is 11.2 Å². The highest BCUT2D eigenvalue weighted by atomic mass is 35.5. The van der Waals surface area contributed by atoms with Crippen molar-refractivity contribution in [2.75, 3.05) is 0 Å². The number of carbonyl (C=O) groups excluding carboxylic acids is 1. The van der Waals surface area contributed by atoms with Gasteiger partial charge in [-0.2, -0.15) is 8.78 Å². The van der Waals surface area contributed by atoms with Crippen LogP contribution in [0.25, 0.3) is 0 Å². The molecule has 14 heavy (non-hydrogen) atoms. The fraction of sp³-hybridized carbons (Fsp3) is 0.125. The molecule has 0 N–H and O–H groups in total. The van der Waals surface area contributed by atoms with Crippen LogP contribution in [-0.2, 0) is 0 Å². The molecule has 0 aliphatic heterocycles. The smallest absolute Gasteiger partial charge is 0.286 e. The van der Waals surface area contributed by atoms with Crippen LogP contribution in [0.5, 0.6) is 0 Å². The van der Waals surface area contributed by atoms with Crippen molar-refractivity contribution in [3.63, 3.8) is 0 Å². The SMILES string of the molecule is O=C(c1ccc(Cl)c(Cl)c1)C(F)(F)Cl. The van der Waals surface area contributed by atoms with E-state index >= 15 is 0 Å². The van der Waals surface area contributed by atoms with Crippen LogP contribution in [0.1, 0.15) is 10.4 Å². The fourth-order valence-electron chi connectivity index (χ4n) is 0.801. The van der Waals surface area contributed by atoms with Gasteiger partial charge in [0.2, 0.25) is 5.78 Å². The Bertz CT molecular complexity index is 373. The molecule has 76 valence electrons. The Kier molecular flexibility index (Phi) is 3.35. The van der Waals surface area contributed by atoms with E-state index in [0.29, 0.717) is 0 Å². The van der Waals surface area contributed by atoms with Gasteiger partial charge in [0.25, 0.3) is 0 Å². The van der Waals surface area contributed by atoms with E-state index in [9.17, 15) is 13.6 Å². The van der Waals surface area contributed by atoms with Gasteiger partial charge < -0.3 is 0 Å². The number of alkyl halides is 3. The summed E-state index contributed by atoms with van der Waals surface area (Å²) >= 11 is 15.6. The predicted molar refractivity (Wildman–Crippen MR) is 51.6 cm³/mol. The van der Waals surface area contributed by atoms with Crippen LogP contribution in [0.3, 0.4) is 0 Å². The normalized spacial score (nSPS) is 11.5. The second-order valence-electron chi connectivity index (χ2n) is 2.46. The molecule has 0 aliphatic rings. The average molecular weight is 259 g/mol. The van der Waals surface area contributed by atoms with Crippen molar-refractivity contribution in [1.29, 1.82) is 0 Å². The second kappa shape index (κ2) is 4.01. The Morgan fingerprint density at radius 2 is 1.79 bits per heavy atom. The molecule has 1 rings (SSSR count). The van der Waals surface area contributed by atoms with E-state index in [1.165, 1.54) is 6.07 Å². The maximum Gasteiger partial charge on any atom is 0.384 e. The van der Waals surface area contributed by atoms with E-state index in [4.69, 9.17) is 23.2 Å². The van der Waals surface area contributed by atoms with Gasteiger partial charge in [0.1, 0.15) is 0 Å². The van der Waals surface area contributed by atoms with Crippen LogP contribution in [0.15, 0.2) is 18.2 Å². The van der Waals surface area contributed by atoms with E-state index in [1.54, 1.807) is 0 Å². The number of carbonyl (C=O) groups is 1. The highest BCUT2D eigenvalue weighted by Crippen LogP contribution is 2.28. The first-order chi connectivity index (χ1) is 6.32. The van der Waals surface area contributed by atoms with E-state index in [-0.39, 0.29) is 15.6 Å². The minimum absolute atomic E-state index is 0.0263. The third kappa shape index (κ3) is 2.56. The highest BCUT2D eigenvalue weighted by molar-refractivity contribution is 6.42. The quantitative estimate of drug-likeness (QED) is 0.579. The maximum atomic E-state index is 12.4. The van der Waals surface area contributed by atoms with Gasteiger partial charge in [-0.25, -0.2) is 0 Å². The van der Waals surface area contributed by atoms with Crippen LogP contribution < -0.4 is 0 Å². The van der Waals surface area contributed by atoms with Gasteiger partial charge >= 0.3 is 5.38 Å². The number of hydrogen-bond acceptors (Lipinski definition) is 1. The molecule has 0 saturated carbocycles. The van der Waals surface area contributed by atoms with Gasteiger partial charge in [-0.05, 0) is 29.8 Å². The zero-order valence-corrected chi connectivity index (χ0v) is 8.80. The van der Waals surface area contributed by atoms with E-state index in [2.05, 4.69) is 11.6 Å². The van der Waals surface area contributed by atoms with E-state index in [1.807, 2.05) is 0 Å². The van der Waals surface area contributed by atoms with Crippen LogP contribution in [0.2, 0.25) is 10.0 Å². The summed E-state index contributed by atoms with van der Waals surface area (Å²) in [6.07, 6.45) is 0. The standard InChI is InChI=1S/C8H3Cl3F2O/c9-5-2-1-4(3-6(5)10)7(14)8(11,12)13/h1-3H. The predicted octanol–water partition coefficient (Wildman–Crippen LogP) is 4.01. The van der Waals surface area contributed by atoms with E-state index in [0.717, 1.165) is 12.1 Å². The van der Waals surface area contributed by atoms with Crippen molar-refractivity contribution >= 4 is 40.6 Å². The molecule has 0 aliphatic carbocycles. The van der Waals surface area contributed by atoms with Gasteiger partial charge in [0.15, 0.2) is 0 Å². The van der Waals surface area contributed by atoms with Crippen molar-refractivity contribution in [3.05, 3.63) is 33.8 Å². The second-order valence-corrected chi connectivity index (χ2v) is 3.74. The molecule has 0 unspecified atom stereocenters. The van der Waals surface area contributed by atoms with Crippen molar-refractivity contribution in [2.24, 2.45) is 0 Å². The van der Waals surface area contributed by atoms with Gasteiger partial charge in [-0.3, -0.25) is 4.79 Å². The number of ketones is 1. The number of halogens is 5. The third-order valence-corrected chi connectivity index (χ3v) is 2.35. The third-order valence-electron chi connectivity index (χ3n) is 1.44. The van der Waals surface area contributed by atoms with Gasteiger partial charge in [0.05, 0.1) is 10.0 Å². The Labute approximate surface area is 93.6 Å². The molecule has 0 saturated heterocycles. The number of Topliss-reactive ketones (excluding diaryl/α,β-unsaturated/α-hetero) is 1. The molecule has 0 radical (unpaired) electrons. The molecule has 1 aromatic rings. The summed E-state index contributed by atoms with van der Waals surface area (Å²) in [5.74, 6) is -1.50. The Morgan fingerprint density at radius 1 is 1.21 bits per heavy atom. The first-order valence-electron chi connectivity index (χ1n) is 3.39. The van der Waals surface area contributed by atoms with Gasteiger partial charge in [-0.1, -0.05) is 23.2 Å². The van der Waals surface area contributed by atoms with Crippen LogP contribution in [0, 0.1) is 0 Å². The number of rotatable bonds is 2.